The molecule has 1 unspecified atom stereocenters. The molecule has 2 aromatic carbocycles. The molecule has 4 saturated heterocycles. The summed E-state index contributed by atoms with van der Waals surface area (Å²) in [5.74, 6) is -4.12. The van der Waals surface area contributed by atoms with E-state index in [0.29, 0.717) is 69.0 Å². The minimum atomic E-state index is -3.20. The van der Waals surface area contributed by atoms with Gasteiger partial charge in [0.2, 0.25) is 0 Å². The molecule has 6 aromatic rings. The average Bonchev–Trinajstić information content (AvgIpc) is 4.20. The summed E-state index contributed by atoms with van der Waals surface area (Å²) in [6.07, 6.45) is 11.7. The monoisotopic (exact) mass is 932 g/mol. The molecule has 16 nitrogen and oxygen atoms in total. The number of carbonyl (C=O) groups excluding carboxylic acids is 2. The number of halogens is 2. The number of ether oxygens (including phenoxy) is 2. The van der Waals surface area contributed by atoms with Gasteiger partial charge in [-0.3, -0.25) is 24.7 Å². The minimum absolute atomic E-state index is 0.0762. The van der Waals surface area contributed by atoms with Crippen LogP contribution in [0, 0.1) is 0 Å². The van der Waals surface area contributed by atoms with Crippen molar-refractivity contribution >= 4 is 51.6 Å². The normalized spacial score (nSPS) is 18.5. The van der Waals surface area contributed by atoms with Gasteiger partial charge in [0.15, 0.2) is 0 Å². The molecule has 19 heteroatoms. The van der Waals surface area contributed by atoms with Gasteiger partial charge >= 0.3 is 0 Å². The molecule has 0 spiro atoms. The molecule has 8 heterocycles. The van der Waals surface area contributed by atoms with Crippen molar-refractivity contribution in [3.05, 3.63) is 101 Å². The summed E-state index contributed by atoms with van der Waals surface area (Å²) in [6, 6.07) is 14.7. The van der Waals surface area contributed by atoms with Crippen LogP contribution in [-0.2, 0) is 15.4 Å². The Labute approximate surface area is 391 Å². The first-order valence-electron chi connectivity index (χ1n) is 23.1. The molecule has 4 aromatic heterocycles. The predicted octanol–water partition coefficient (Wildman–Crippen LogP) is 7.46. The third-order valence-electron chi connectivity index (χ3n) is 13.1. The quantitative estimate of drug-likeness (QED) is 0.0903. The van der Waals surface area contributed by atoms with Crippen LogP contribution < -0.4 is 25.3 Å². The van der Waals surface area contributed by atoms with Crippen LogP contribution in [0.4, 0.5) is 37.2 Å². The Balaban J connectivity index is 0.943. The van der Waals surface area contributed by atoms with E-state index >= 15 is 8.78 Å². The molecule has 2 amide bonds. The first-order chi connectivity index (χ1) is 32.7. The number of hydrogen-bond acceptors (Lipinski definition) is 13. The number of amides is 2. The number of thiazole rings is 1. The molecule has 4 fully saturated rings. The van der Waals surface area contributed by atoms with Crippen molar-refractivity contribution in [2.24, 2.45) is 0 Å². The number of aromatic amines is 2. The number of aromatic nitrogens is 6. The molecule has 350 valence electrons. The van der Waals surface area contributed by atoms with Gasteiger partial charge in [-0.05, 0) is 80.1 Å². The zero-order valence-corrected chi connectivity index (χ0v) is 38.0. The zero-order valence-electron chi connectivity index (χ0n) is 37.2. The number of piperidine rings is 2. The highest BCUT2D eigenvalue weighted by Gasteiger charge is 2.36. The van der Waals surface area contributed by atoms with Gasteiger partial charge in [-0.15, -0.1) is 11.3 Å². The summed E-state index contributed by atoms with van der Waals surface area (Å²) in [6.45, 7) is 7.08. The predicted molar refractivity (Wildman–Crippen MR) is 255 cm³/mol. The van der Waals surface area contributed by atoms with Crippen LogP contribution >= 0.6 is 11.3 Å². The van der Waals surface area contributed by atoms with E-state index in [2.05, 4.69) is 62.8 Å². The highest BCUT2D eigenvalue weighted by molar-refractivity contribution is 7.13. The fourth-order valence-electron chi connectivity index (χ4n) is 9.47. The van der Waals surface area contributed by atoms with Crippen molar-refractivity contribution in [1.82, 2.24) is 35.3 Å². The van der Waals surface area contributed by atoms with Crippen LogP contribution in [0.25, 0.3) is 21.8 Å². The maximum atomic E-state index is 16.1. The molecule has 4 N–H and O–H groups in total. The Bertz CT molecular complexity index is 2640. The van der Waals surface area contributed by atoms with E-state index in [1.165, 1.54) is 29.9 Å². The lowest BCUT2D eigenvalue weighted by Crippen LogP contribution is -2.42. The maximum Gasteiger partial charge on any atom is 0.285 e. The lowest BCUT2D eigenvalue weighted by atomic mass is 9.89. The fraction of sp³-hybridized carbons (Fsp3) is 0.417. The standard InChI is InChI=1S/C48H54F2N12O4S/c49-48(50,31-59-13-17-65-18-14-59)36-6-9-43(40(23-36)57-46(64)42-30-67-47(58-42)35-27-53-54-28-35)62-12-4-5-32(29-62)33-21-39(34-25-51-52-26-34)55-41(22-33)45(63)56-38-8-7-37(60-15-19-66-20-16-60)24-44(38)61-10-2-1-3-11-61/h6-9,21-28,30,32H,1-5,10-20,29,31H2,(H,51,52)(H,53,54)(H,56,63)(H,57,64). The number of pyridine rings is 1. The molecular weight excluding hydrogens is 879 g/mol. The molecule has 0 saturated carbocycles. The SMILES string of the molecule is O=C(Nc1ccc(N2CCOCC2)cc1N1CCCCC1)c1cc(C2CCCN(c3ccc(C(F)(F)CN4CCOCC4)cc3NC(=O)c3csc(-c4cn[nH]c4)n3)C2)cc(-c2cn[nH]c2)n1. The Morgan fingerprint density at radius 2 is 1.43 bits per heavy atom. The van der Waals surface area contributed by atoms with Gasteiger partial charge < -0.3 is 34.8 Å². The maximum absolute atomic E-state index is 16.1. The number of nitrogens with zero attached hydrogens (tertiary/aromatic N) is 8. The van der Waals surface area contributed by atoms with Gasteiger partial charge in [0.1, 0.15) is 16.4 Å². The molecule has 0 bridgehead atoms. The summed E-state index contributed by atoms with van der Waals surface area (Å²) in [5.41, 5.74) is 6.93. The van der Waals surface area contributed by atoms with Gasteiger partial charge in [-0.25, -0.2) is 9.97 Å². The number of anilines is 5. The van der Waals surface area contributed by atoms with Crippen LogP contribution in [0.5, 0.6) is 0 Å². The van der Waals surface area contributed by atoms with Crippen LogP contribution in [0.1, 0.15) is 70.1 Å². The van der Waals surface area contributed by atoms with Crippen LogP contribution in [0.2, 0.25) is 0 Å². The molecule has 10 rings (SSSR count). The van der Waals surface area contributed by atoms with E-state index in [4.69, 9.17) is 14.5 Å². The zero-order chi connectivity index (χ0) is 45.7. The minimum Gasteiger partial charge on any atom is -0.379 e. The van der Waals surface area contributed by atoms with Gasteiger partial charge in [0, 0.05) is 98.4 Å². The molecule has 67 heavy (non-hydrogen) atoms. The second-order valence-electron chi connectivity index (χ2n) is 17.5. The number of carbonyl (C=O) groups is 2. The lowest BCUT2D eigenvalue weighted by Gasteiger charge is -2.36. The number of H-pyrrole nitrogens is 2. The third-order valence-corrected chi connectivity index (χ3v) is 14.0. The molecular formula is C48H54F2N12O4S. The second-order valence-corrected chi connectivity index (χ2v) is 18.4. The number of morpholine rings is 2. The van der Waals surface area contributed by atoms with Crippen molar-refractivity contribution in [2.45, 2.75) is 43.9 Å². The van der Waals surface area contributed by atoms with Crippen LogP contribution in [-0.4, -0.2) is 132 Å². The number of alkyl halides is 2. The summed E-state index contributed by atoms with van der Waals surface area (Å²) < 4.78 is 43.3. The van der Waals surface area contributed by atoms with E-state index in [0.717, 1.165) is 85.6 Å². The number of rotatable bonds is 13. The number of benzene rings is 2. The molecule has 0 aliphatic carbocycles. The second kappa shape index (κ2) is 19.9. The van der Waals surface area contributed by atoms with Crippen molar-refractivity contribution in [1.29, 1.82) is 0 Å². The van der Waals surface area contributed by atoms with Crippen molar-refractivity contribution in [2.75, 3.05) is 111 Å². The summed E-state index contributed by atoms with van der Waals surface area (Å²) in [5, 5.41) is 22.3. The highest BCUT2D eigenvalue weighted by Crippen LogP contribution is 2.40. The van der Waals surface area contributed by atoms with E-state index in [1.54, 1.807) is 41.1 Å². The first kappa shape index (κ1) is 44.6. The summed E-state index contributed by atoms with van der Waals surface area (Å²) >= 11 is 1.29. The Kier molecular flexibility index (Phi) is 13.2. The first-order valence-corrected chi connectivity index (χ1v) is 24.0. The third kappa shape index (κ3) is 10.2. The van der Waals surface area contributed by atoms with E-state index in [1.807, 2.05) is 18.2 Å². The van der Waals surface area contributed by atoms with Gasteiger partial charge in [-0.1, -0.05) is 6.07 Å². The van der Waals surface area contributed by atoms with Gasteiger partial charge in [-0.2, -0.15) is 19.0 Å². The number of hydrogen-bond donors (Lipinski definition) is 4. The van der Waals surface area contributed by atoms with E-state index < -0.39 is 18.4 Å². The summed E-state index contributed by atoms with van der Waals surface area (Å²) in [7, 11) is 0. The number of nitrogens with one attached hydrogen (secondary N) is 4. The highest BCUT2D eigenvalue weighted by atomic mass is 32.1. The molecule has 0 radical (unpaired) electrons. The Morgan fingerprint density at radius 1 is 0.716 bits per heavy atom. The average molecular weight is 933 g/mol. The summed E-state index contributed by atoms with van der Waals surface area (Å²) in [4.78, 5) is 46.3. The van der Waals surface area contributed by atoms with Crippen LogP contribution in [0.15, 0.2) is 78.7 Å². The van der Waals surface area contributed by atoms with Gasteiger partial charge in [0.05, 0.1) is 73.8 Å². The van der Waals surface area contributed by atoms with Crippen molar-refractivity contribution in [3.8, 4) is 21.8 Å². The van der Waals surface area contributed by atoms with Crippen molar-refractivity contribution in [3.63, 3.8) is 0 Å². The van der Waals surface area contributed by atoms with E-state index in [9.17, 15) is 9.59 Å². The fourth-order valence-corrected chi connectivity index (χ4v) is 10.3. The van der Waals surface area contributed by atoms with Crippen LogP contribution in [0.3, 0.4) is 0 Å². The Hall–Kier alpha value is -6.28. The largest absolute Gasteiger partial charge is 0.379 e. The lowest BCUT2D eigenvalue weighted by molar-refractivity contribution is -0.0617. The molecule has 4 aliphatic heterocycles. The van der Waals surface area contributed by atoms with Gasteiger partial charge in [0.25, 0.3) is 17.7 Å². The molecule has 4 aliphatic rings. The molecule has 1 atom stereocenters. The smallest absolute Gasteiger partial charge is 0.285 e. The topological polar surface area (TPSA) is 173 Å². The van der Waals surface area contributed by atoms with Crippen molar-refractivity contribution < 1.29 is 27.8 Å². The Morgan fingerprint density at radius 3 is 2.19 bits per heavy atom. The van der Waals surface area contributed by atoms with E-state index in [-0.39, 0.29) is 34.5 Å².